The number of fused-ring (bicyclic) bond motifs is 1. The number of benzene rings is 2. The number of ether oxygens (including phenoxy) is 6. The van der Waals surface area contributed by atoms with Crippen molar-refractivity contribution in [3.05, 3.63) is 46.6 Å². The summed E-state index contributed by atoms with van der Waals surface area (Å²) in [7, 11) is 0. The molecule has 0 radical (unpaired) electrons. The largest absolute Gasteiger partial charge is 0.508 e. The second-order valence-electron chi connectivity index (χ2n) is 12.9. The monoisotopic (exact) mass is 772 g/mol. The molecule has 54 heavy (non-hydrogen) atoms. The molecule has 2 aromatic carbocycles. The molecule has 3 aliphatic rings. The molecule has 3 aliphatic heterocycles. The van der Waals surface area contributed by atoms with Crippen LogP contribution in [0.4, 0.5) is 0 Å². The van der Waals surface area contributed by atoms with E-state index in [1.54, 1.807) is 0 Å². The Morgan fingerprint density at radius 3 is 1.69 bits per heavy atom. The molecular formula is C33H40O21. The predicted molar refractivity (Wildman–Crippen MR) is 173 cm³/mol. The summed E-state index contributed by atoms with van der Waals surface area (Å²) in [6.07, 6.45) is -26.7. The Balaban J connectivity index is 1.41. The van der Waals surface area contributed by atoms with E-state index in [-0.39, 0.29) is 22.6 Å². The number of aliphatic hydroxyl groups excluding tert-OH is 11. The standard InChI is InChI=1S/C33H40O21/c34-7-15-19(39)23(43)26(46)31(50-15)48-12-5-13(38)18-14(6-12)49-28(10-1-3-11(37)4-2-10)29(22(18)42)53-33-30(25(45)21(41)17(9-36)52-33)54-32-27(47)24(44)20(40)16(8-35)51-32/h1-6,15-17,19-21,23-27,30-41,43-47H,7-9H2/t15-,16-,17-,19-,20-,21-,23-,24-,25-,26-,27-,30-,31-,32-,33+/m0/s1. The SMILES string of the molecule is O=c1c(O[C@H]2O[C@@H](CO)[C@H](O)[C@H](O)[C@@H]2O[C@@H]2O[C@@H](CO)[C@H](O)[C@H](O)[C@@H]2O)c(-c2ccc(O)cc2)oc2cc(O[C@H]3O[C@@H](CO)[C@H](O)[C@H](O)[C@@H]3O)cc(O)c12. The van der Waals surface area contributed by atoms with Crippen LogP contribution in [0.15, 0.2) is 45.6 Å². The Morgan fingerprint density at radius 1 is 0.593 bits per heavy atom. The van der Waals surface area contributed by atoms with E-state index < -0.39 is 140 Å². The van der Waals surface area contributed by atoms with Crippen LogP contribution < -0.4 is 14.9 Å². The van der Waals surface area contributed by atoms with Crippen LogP contribution in [-0.4, -0.2) is 178 Å². The first-order chi connectivity index (χ1) is 25.7. The minimum atomic E-state index is -2.01. The van der Waals surface area contributed by atoms with Crippen LogP contribution in [0.3, 0.4) is 0 Å². The second-order valence-corrected chi connectivity index (χ2v) is 12.9. The highest BCUT2D eigenvalue weighted by Crippen LogP contribution is 2.39. The van der Waals surface area contributed by atoms with Crippen LogP contribution in [0, 0.1) is 0 Å². The van der Waals surface area contributed by atoms with Gasteiger partial charge in [-0.15, -0.1) is 0 Å². The van der Waals surface area contributed by atoms with Crippen molar-refractivity contribution in [2.24, 2.45) is 0 Å². The van der Waals surface area contributed by atoms with Gasteiger partial charge in [-0.2, -0.15) is 0 Å². The zero-order chi connectivity index (χ0) is 39.2. The highest BCUT2D eigenvalue weighted by Gasteiger charge is 2.52. The Morgan fingerprint density at radius 2 is 1.11 bits per heavy atom. The van der Waals surface area contributed by atoms with E-state index in [1.807, 2.05) is 0 Å². The Hall–Kier alpha value is -3.75. The van der Waals surface area contributed by atoms with Gasteiger partial charge >= 0.3 is 0 Å². The van der Waals surface area contributed by atoms with E-state index in [1.165, 1.54) is 24.3 Å². The summed E-state index contributed by atoms with van der Waals surface area (Å²) in [6.45, 7) is -2.48. The number of hydrogen-bond donors (Lipinski definition) is 13. The lowest BCUT2D eigenvalue weighted by atomic mass is 9.97. The lowest BCUT2D eigenvalue weighted by molar-refractivity contribution is -0.358. The molecule has 15 atom stereocenters. The molecule has 3 aromatic rings. The fraction of sp³-hybridized carbons (Fsp3) is 0.545. The van der Waals surface area contributed by atoms with Crippen LogP contribution >= 0.6 is 0 Å². The summed E-state index contributed by atoms with van der Waals surface area (Å²) in [5.74, 6) is -2.38. The summed E-state index contributed by atoms with van der Waals surface area (Å²) in [6, 6.07) is 7.07. The molecule has 298 valence electrons. The van der Waals surface area contributed by atoms with Gasteiger partial charge in [0.25, 0.3) is 0 Å². The molecule has 0 saturated carbocycles. The van der Waals surface area contributed by atoms with Crippen molar-refractivity contribution in [2.45, 2.75) is 92.1 Å². The first kappa shape index (κ1) is 39.9. The molecule has 3 saturated heterocycles. The third-order valence-corrected chi connectivity index (χ3v) is 9.33. The molecule has 3 fully saturated rings. The molecule has 0 aliphatic carbocycles. The molecule has 21 nitrogen and oxygen atoms in total. The predicted octanol–water partition coefficient (Wildman–Crippen LogP) is -4.95. The fourth-order valence-corrected chi connectivity index (χ4v) is 6.28. The van der Waals surface area contributed by atoms with E-state index in [2.05, 4.69) is 0 Å². The number of aliphatic hydroxyl groups is 11. The van der Waals surface area contributed by atoms with E-state index in [0.717, 1.165) is 12.1 Å². The minimum absolute atomic E-state index is 0.0723. The molecule has 0 unspecified atom stereocenters. The van der Waals surface area contributed by atoms with Gasteiger partial charge in [-0.25, -0.2) is 0 Å². The number of hydrogen-bond acceptors (Lipinski definition) is 21. The van der Waals surface area contributed by atoms with Crippen molar-refractivity contribution < 1.29 is 99.2 Å². The molecule has 4 heterocycles. The van der Waals surface area contributed by atoms with Gasteiger partial charge in [-0.3, -0.25) is 4.79 Å². The number of phenolic OH excluding ortho intramolecular Hbond substituents is 2. The molecule has 13 N–H and O–H groups in total. The summed E-state index contributed by atoms with van der Waals surface area (Å²) >= 11 is 0. The summed E-state index contributed by atoms with van der Waals surface area (Å²) < 4.78 is 39.6. The number of phenols is 2. The van der Waals surface area contributed by atoms with E-state index in [4.69, 9.17) is 32.8 Å². The van der Waals surface area contributed by atoms with Gasteiger partial charge in [0.05, 0.1) is 19.8 Å². The number of rotatable bonds is 10. The van der Waals surface area contributed by atoms with Crippen molar-refractivity contribution in [3.8, 4) is 34.3 Å². The van der Waals surface area contributed by atoms with Gasteiger partial charge in [-0.05, 0) is 24.3 Å². The summed E-state index contributed by atoms with van der Waals surface area (Å²) in [5.41, 5.74) is -1.38. The molecule has 0 spiro atoms. The minimum Gasteiger partial charge on any atom is -0.508 e. The van der Waals surface area contributed by atoms with Crippen LogP contribution in [0.25, 0.3) is 22.3 Å². The van der Waals surface area contributed by atoms with E-state index in [9.17, 15) is 71.2 Å². The first-order valence-corrected chi connectivity index (χ1v) is 16.5. The Bertz CT molecular complexity index is 1800. The highest BCUT2D eigenvalue weighted by atomic mass is 16.8. The maximum atomic E-state index is 14.2. The smallest absolute Gasteiger partial charge is 0.239 e. The van der Waals surface area contributed by atoms with Crippen molar-refractivity contribution in [2.75, 3.05) is 19.8 Å². The van der Waals surface area contributed by atoms with Crippen molar-refractivity contribution >= 4 is 11.0 Å². The highest BCUT2D eigenvalue weighted by molar-refractivity contribution is 5.88. The molecule has 0 bridgehead atoms. The first-order valence-electron chi connectivity index (χ1n) is 16.5. The quantitative estimate of drug-likeness (QED) is 0.0918. The maximum Gasteiger partial charge on any atom is 0.239 e. The molecule has 1 aromatic heterocycles. The Kier molecular flexibility index (Phi) is 11.9. The van der Waals surface area contributed by atoms with E-state index in [0.29, 0.717) is 0 Å². The van der Waals surface area contributed by atoms with Crippen molar-refractivity contribution in [3.63, 3.8) is 0 Å². The van der Waals surface area contributed by atoms with Gasteiger partial charge in [0, 0.05) is 17.7 Å². The lowest BCUT2D eigenvalue weighted by Gasteiger charge is -2.45. The Labute approximate surface area is 303 Å². The average Bonchev–Trinajstić information content (AvgIpc) is 3.15. The van der Waals surface area contributed by atoms with Gasteiger partial charge in [0.2, 0.25) is 23.8 Å². The van der Waals surface area contributed by atoms with Crippen molar-refractivity contribution in [1.82, 2.24) is 0 Å². The third-order valence-electron chi connectivity index (χ3n) is 9.33. The topological polar surface area (TPSA) is 349 Å². The third kappa shape index (κ3) is 7.45. The molecule has 0 amide bonds. The van der Waals surface area contributed by atoms with Gasteiger partial charge in [-0.1, -0.05) is 0 Å². The normalized spacial score (nSPS) is 37.3. The van der Waals surface area contributed by atoms with Crippen LogP contribution in [-0.2, 0) is 18.9 Å². The second kappa shape index (κ2) is 16.2. The molecule has 21 heteroatoms. The van der Waals surface area contributed by atoms with Crippen LogP contribution in [0.2, 0.25) is 0 Å². The van der Waals surface area contributed by atoms with E-state index >= 15 is 0 Å². The van der Waals surface area contributed by atoms with Crippen molar-refractivity contribution in [1.29, 1.82) is 0 Å². The molecular weight excluding hydrogens is 732 g/mol. The van der Waals surface area contributed by atoms with Crippen LogP contribution in [0.1, 0.15) is 0 Å². The summed E-state index contributed by atoms with van der Waals surface area (Å²) in [4.78, 5) is 14.2. The average molecular weight is 773 g/mol. The van der Waals surface area contributed by atoms with Gasteiger partial charge < -0.3 is 99.2 Å². The zero-order valence-corrected chi connectivity index (χ0v) is 27.8. The van der Waals surface area contributed by atoms with Crippen LogP contribution in [0.5, 0.6) is 23.0 Å². The maximum absolute atomic E-state index is 14.2. The lowest BCUT2D eigenvalue weighted by Crippen LogP contribution is -2.65. The van der Waals surface area contributed by atoms with Gasteiger partial charge in [0.1, 0.15) is 95.4 Å². The molecule has 6 rings (SSSR count). The fourth-order valence-electron chi connectivity index (χ4n) is 6.28. The summed E-state index contributed by atoms with van der Waals surface area (Å²) in [5, 5.41) is 133. The number of aromatic hydroxyl groups is 2. The zero-order valence-electron chi connectivity index (χ0n) is 27.8. The van der Waals surface area contributed by atoms with Gasteiger partial charge in [0.15, 0.2) is 18.2 Å².